The van der Waals surface area contributed by atoms with Gasteiger partial charge in [-0.2, -0.15) is 0 Å². The van der Waals surface area contributed by atoms with Crippen molar-refractivity contribution >= 4 is 5.78 Å². The van der Waals surface area contributed by atoms with Gasteiger partial charge in [0.1, 0.15) is 5.69 Å². The van der Waals surface area contributed by atoms with Crippen LogP contribution in [0.15, 0.2) is 18.3 Å². The zero-order valence-electron chi connectivity index (χ0n) is 8.41. The zero-order valence-corrected chi connectivity index (χ0v) is 8.41. The maximum absolute atomic E-state index is 12.0. The van der Waals surface area contributed by atoms with Gasteiger partial charge in [-0.15, -0.1) is 0 Å². The molecule has 1 unspecified atom stereocenters. The number of alkyl halides is 2. The molecule has 0 N–H and O–H groups in total. The SMILES string of the molecule is COC(C)c1ccc(C(=O)C(F)F)nc1. The van der Waals surface area contributed by atoms with E-state index in [2.05, 4.69) is 4.98 Å². The smallest absolute Gasteiger partial charge is 0.302 e. The average Bonchev–Trinajstić information content (AvgIpc) is 2.27. The predicted molar refractivity (Wildman–Crippen MR) is 50.0 cm³/mol. The Morgan fingerprint density at radius 2 is 2.13 bits per heavy atom. The summed E-state index contributed by atoms with van der Waals surface area (Å²) in [6.45, 7) is 1.80. The van der Waals surface area contributed by atoms with Gasteiger partial charge in [-0.1, -0.05) is 6.07 Å². The van der Waals surface area contributed by atoms with E-state index in [1.807, 2.05) is 0 Å². The Labute approximate surface area is 86.1 Å². The summed E-state index contributed by atoms with van der Waals surface area (Å²) in [6, 6.07) is 2.83. The van der Waals surface area contributed by atoms with E-state index < -0.39 is 12.2 Å². The predicted octanol–water partition coefficient (Wildman–Crippen LogP) is 2.24. The first-order valence-electron chi connectivity index (χ1n) is 4.37. The van der Waals surface area contributed by atoms with E-state index in [1.165, 1.54) is 19.4 Å². The highest BCUT2D eigenvalue weighted by Gasteiger charge is 2.19. The third-order valence-electron chi connectivity index (χ3n) is 2.06. The third-order valence-corrected chi connectivity index (χ3v) is 2.06. The van der Waals surface area contributed by atoms with E-state index in [0.717, 1.165) is 5.56 Å². The second kappa shape index (κ2) is 4.93. The molecule has 0 radical (unpaired) electrons. The van der Waals surface area contributed by atoms with Crippen molar-refractivity contribution in [3.63, 3.8) is 0 Å². The van der Waals surface area contributed by atoms with Crippen LogP contribution in [0.2, 0.25) is 0 Å². The average molecular weight is 215 g/mol. The summed E-state index contributed by atoms with van der Waals surface area (Å²) in [5, 5.41) is 0. The highest BCUT2D eigenvalue weighted by molar-refractivity contribution is 5.96. The van der Waals surface area contributed by atoms with E-state index in [9.17, 15) is 13.6 Å². The van der Waals surface area contributed by atoms with Gasteiger partial charge in [0.15, 0.2) is 0 Å². The number of methoxy groups -OCH3 is 1. The topological polar surface area (TPSA) is 39.2 Å². The van der Waals surface area contributed by atoms with Gasteiger partial charge in [-0.25, -0.2) is 8.78 Å². The molecule has 1 aromatic rings. The summed E-state index contributed by atoms with van der Waals surface area (Å²) < 4.78 is 29.1. The monoisotopic (exact) mass is 215 g/mol. The van der Waals surface area contributed by atoms with Crippen LogP contribution in [-0.2, 0) is 4.74 Å². The van der Waals surface area contributed by atoms with Gasteiger partial charge in [0.2, 0.25) is 5.78 Å². The molecule has 5 heteroatoms. The molecule has 15 heavy (non-hydrogen) atoms. The van der Waals surface area contributed by atoms with Crippen molar-refractivity contribution in [3.8, 4) is 0 Å². The van der Waals surface area contributed by atoms with E-state index in [1.54, 1.807) is 13.0 Å². The second-order valence-electron chi connectivity index (χ2n) is 3.02. The number of aromatic nitrogens is 1. The van der Waals surface area contributed by atoms with E-state index in [0.29, 0.717) is 0 Å². The third kappa shape index (κ3) is 2.79. The zero-order chi connectivity index (χ0) is 11.4. The first-order chi connectivity index (χ1) is 7.06. The fourth-order valence-electron chi connectivity index (χ4n) is 1.04. The molecule has 82 valence electrons. The minimum absolute atomic E-state index is 0.173. The lowest BCUT2D eigenvalue weighted by molar-refractivity contribution is 0.0672. The van der Waals surface area contributed by atoms with E-state index >= 15 is 0 Å². The lowest BCUT2D eigenvalue weighted by Gasteiger charge is -2.09. The maximum Gasteiger partial charge on any atom is 0.302 e. The Bertz CT molecular complexity index is 338. The molecule has 0 bridgehead atoms. The van der Waals surface area contributed by atoms with Crippen molar-refractivity contribution in [3.05, 3.63) is 29.6 Å². The Morgan fingerprint density at radius 1 is 1.47 bits per heavy atom. The van der Waals surface area contributed by atoms with E-state index in [4.69, 9.17) is 4.74 Å². The largest absolute Gasteiger partial charge is 0.377 e. The minimum Gasteiger partial charge on any atom is -0.377 e. The summed E-state index contributed by atoms with van der Waals surface area (Å²) in [6.07, 6.45) is -1.82. The maximum atomic E-state index is 12.0. The van der Waals surface area contributed by atoms with Crippen LogP contribution in [0.1, 0.15) is 29.1 Å². The number of carbonyl (C=O) groups excluding carboxylic acids is 1. The van der Waals surface area contributed by atoms with Crippen LogP contribution in [0, 0.1) is 0 Å². The number of ether oxygens (including phenoxy) is 1. The van der Waals surface area contributed by atoms with Crippen LogP contribution >= 0.6 is 0 Å². The Morgan fingerprint density at radius 3 is 2.53 bits per heavy atom. The molecule has 0 amide bonds. The van der Waals surface area contributed by atoms with Crippen molar-refractivity contribution in [2.75, 3.05) is 7.11 Å². The van der Waals surface area contributed by atoms with Crippen LogP contribution in [0.3, 0.4) is 0 Å². The van der Waals surface area contributed by atoms with Gasteiger partial charge < -0.3 is 4.74 Å². The number of rotatable bonds is 4. The molecule has 0 aliphatic heterocycles. The van der Waals surface area contributed by atoms with Crippen LogP contribution < -0.4 is 0 Å². The molecule has 0 aromatic carbocycles. The molecule has 1 atom stereocenters. The number of pyridine rings is 1. The fourth-order valence-corrected chi connectivity index (χ4v) is 1.04. The van der Waals surface area contributed by atoms with Crippen LogP contribution in [0.4, 0.5) is 8.78 Å². The molecular weight excluding hydrogens is 204 g/mol. The number of halogens is 2. The molecule has 1 rings (SSSR count). The molecule has 0 fully saturated rings. The minimum atomic E-state index is -3.01. The number of hydrogen-bond acceptors (Lipinski definition) is 3. The van der Waals surface area contributed by atoms with Gasteiger partial charge in [0.05, 0.1) is 6.10 Å². The first-order valence-corrected chi connectivity index (χ1v) is 4.37. The van der Waals surface area contributed by atoms with Crippen LogP contribution in [0.5, 0.6) is 0 Å². The Kier molecular flexibility index (Phi) is 3.85. The van der Waals surface area contributed by atoms with Gasteiger partial charge >= 0.3 is 6.43 Å². The fraction of sp³-hybridized carbons (Fsp3) is 0.400. The van der Waals surface area contributed by atoms with Crippen molar-refractivity contribution in [2.24, 2.45) is 0 Å². The van der Waals surface area contributed by atoms with Crippen molar-refractivity contribution < 1.29 is 18.3 Å². The second-order valence-corrected chi connectivity index (χ2v) is 3.02. The van der Waals surface area contributed by atoms with E-state index in [-0.39, 0.29) is 11.8 Å². The van der Waals surface area contributed by atoms with Crippen LogP contribution in [-0.4, -0.2) is 24.3 Å². The molecule has 0 aliphatic carbocycles. The molecule has 0 spiro atoms. The normalized spacial score (nSPS) is 12.9. The Hall–Kier alpha value is -1.36. The summed E-state index contributed by atoms with van der Waals surface area (Å²) in [4.78, 5) is 14.5. The number of ketones is 1. The van der Waals surface area contributed by atoms with Crippen molar-refractivity contribution in [1.29, 1.82) is 0 Å². The summed E-state index contributed by atoms with van der Waals surface area (Å²) >= 11 is 0. The lowest BCUT2D eigenvalue weighted by Crippen LogP contribution is -2.12. The van der Waals surface area contributed by atoms with Gasteiger partial charge in [0.25, 0.3) is 0 Å². The highest BCUT2D eigenvalue weighted by atomic mass is 19.3. The van der Waals surface area contributed by atoms with Gasteiger partial charge in [-0.05, 0) is 18.6 Å². The number of nitrogens with zero attached hydrogens (tertiary/aromatic N) is 1. The summed E-state index contributed by atoms with van der Waals surface area (Å²) in [7, 11) is 1.53. The molecule has 1 heterocycles. The Balaban J connectivity index is 2.85. The number of carbonyl (C=O) groups is 1. The van der Waals surface area contributed by atoms with Crippen LogP contribution in [0.25, 0.3) is 0 Å². The first kappa shape index (κ1) is 11.7. The summed E-state index contributed by atoms with van der Waals surface area (Å²) in [5.41, 5.74) is 0.514. The molecule has 3 nitrogen and oxygen atoms in total. The molecule has 1 aromatic heterocycles. The standard InChI is InChI=1S/C10H11F2NO2/c1-6(15-2)7-3-4-8(13-5-7)9(14)10(11)12/h3-6,10H,1-2H3. The van der Waals surface area contributed by atoms with Gasteiger partial charge in [-0.3, -0.25) is 9.78 Å². The molecule has 0 saturated carbocycles. The van der Waals surface area contributed by atoms with Crippen molar-refractivity contribution in [1.82, 2.24) is 4.98 Å². The molecular formula is C10H11F2NO2. The quantitative estimate of drug-likeness (QED) is 0.723. The lowest BCUT2D eigenvalue weighted by atomic mass is 10.1. The summed E-state index contributed by atoms with van der Waals surface area (Å²) in [5.74, 6) is -1.26. The number of Topliss-reactive ketones (excluding diaryl/α,β-unsaturated/α-hetero) is 1. The molecule has 0 aliphatic rings. The highest BCUT2D eigenvalue weighted by Crippen LogP contribution is 2.15. The van der Waals surface area contributed by atoms with Crippen molar-refractivity contribution in [2.45, 2.75) is 19.5 Å². The molecule has 0 saturated heterocycles. The van der Waals surface area contributed by atoms with Gasteiger partial charge in [0, 0.05) is 13.3 Å². The number of hydrogen-bond donors (Lipinski definition) is 0.